The lowest BCUT2D eigenvalue weighted by Gasteiger charge is -2.31. The first kappa shape index (κ1) is 12.8. The maximum Gasteiger partial charge on any atom is 0.243 e. The summed E-state index contributed by atoms with van der Waals surface area (Å²) in [7, 11) is 0. The number of hydrogen-bond donors (Lipinski definition) is 4. The number of aliphatic hydroxyl groups excluding tert-OH is 1. The van der Waals surface area contributed by atoms with E-state index in [9.17, 15) is 5.11 Å². The Labute approximate surface area is 115 Å². The van der Waals surface area contributed by atoms with Gasteiger partial charge < -0.3 is 10.4 Å². The third kappa shape index (κ3) is 2.68. The monoisotopic (exact) mass is 276 g/mol. The minimum absolute atomic E-state index is 0.164. The van der Waals surface area contributed by atoms with Crippen molar-refractivity contribution in [3.05, 3.63) is 18.7 Å². The molecule has 0 spiro atoms. The van der Waals surface area contributed by atoms with Gasteiger partial charge in [-0.15, -0.1) is 0 Å². The van der Waals surface area contributed by atoms with Crippen LogP contribution in [0.4, 0.5) is 11.9 Å². The summed E-state index contributed by atoms with van der Waals surface area (Å²) >= 11 is 0. The quantitative estimate of drug-likeness (QED) is 0.426. The predicted octanol–water partition coefficient (Wildman–Crippen LogP) is -0.474. The van der Waals surface area contributed by atoms with E-state index >= 15 is 0 Å². The Bertz CT molecular complexity index is 566. The lowest BCUT2D eigenvalue weighted by atomic mass is 9.82. The van der Waals surface area contributed by atoms with E-state index in [-0.39, 0.29) is 12.1 Å². The number of rotatable bonds is 5. The molecule has 0 saturated heterocycles. The molecule has 2 aromatic rings. The molecule has 0 unspecified atom stereocenters. The van der Waals surface area contributed by atoms with E-state index in [1.165, 1.54) is 0 Å². The highest BCUT2D eigenvalue weighted by molar-refractivity contribution is 5.37. The van der Waals surface area contributed by atoms with Crippen LogP contribution in [-0.4, -0.2) is 42.3 Å². The number of aromatic nitrogens is 5. The Morgan fingerprint density at radius 3 is 2.75 bits per heavy atom. The molecule has 1 fully saturated rings. The number of aliphatic hydroxyl groups is 1. The van der Waals surface area contributed by atoms with Crippen molar-refractivity contribution in [2.75, 3.05) is 17.3 Å². The fraction of sp³-hybridized carbons (Fsp3) is 0.455. The number of nitrogen functional groups attached to an aromatic ring is 1. The number of hydrazine groups is 1. The molecular formula is C11H16N8O. The van der Waals surface area contributed by atoms with Crippen LogP contribution in [0.25, 0.3) is 5.95 Å². The Hall–Kier alpha value is -2.26. The van der Waals surface area contributed by atoms with Gasteiger partial charge in [0.05, 0.1) is 6.10 Å². The van der Waals surface area contributed by atoms with Gasteiger partial charge in [0.1, 0.15) is 6.33 Å². The van der Waals surface area contributed by atoms with Crippen LogP contribution in [-0.2, 0) is 0 Å². The lowest BCUT2D eigenvalue weighted by Crippen LogP contribution is -2.33. The molecular weight excluding hydrogens is 260 g/mol. The van der Waals surface area contributed by atoms with Gasteiger partial charge >= 0.3 is 0 Å². The lowest BCUT2D eigenvalue weighted by molar-refractivity contribution is 0.0486. The maximum atomic E-state index is 9.26. The number of nitrogens with one attached hydrogen (secondary N) is 2. The maximum absolute atomic E-state index is 9.26. The van der Waals surface area contributed by atoms with E-state index in [1.807, 2.05) is 0 Å². The molecule has 0 aromatic carbocycles. The molecule has 0 amide bonds. The molecule has 1 aliphatic rings. The molecule has 1 saturated carbocycles. The molecule has 106 valence electrons. The summed E-state index contributed by atoms with van der Waals surface area (Å²) < 4.78 is 1.67. The normalized spacial score (nSPS) is 21.3. The number of anilines is 2. The van der Waals surface area contributed by atoms with Crippen LogP contribution in [0, 0.1) is 5.92 Å². The standard InChI is InChI=1S/C11H16N8O/c12-18-10-15-9(14-5-7-3-8(20)4-7)16-11(17-10)19-2-1-13-6-19/h1-2,6-8,20H,3-5,12H2,(H2,14,15,16,17,18). The van der Waals surface area contributed by atoms with Gasteiger partial charge in [0.25, 0.3) is 0 Å². The molecule has 20 heavy (non-hydrogen) atoms. The SMILES string of the molecule is NNc1nc(NCC2CC(O)C2)nc(-n2ccnc2)n1. The van der Waals surface area contributed by atoms with Crippen LogP contribution in [0.3, 0.4) is 0 Å². The third-order valence-corrected chi connectivity index (χ3v) is 3.25. The predicted molar refractivity (Wildman–Crippen MR) is 72.0 cm³/mol. The van der Waals surface area contributed by atoms with Gasteiger partial charge in [-0.25, -0.2) is 10.8 Å². The molecule has 2 heterocycles. The van der Waals surface area contributed by atoms with E-state index in [0.29, 0.717) is 24.4 Å². The van der Waals surface area contributed by atoms with Crippen LogP contribution in [0.1, 0.15) is 12.8 Å². The average Bonchev–Trinajstić information content (AvgIpc) is 2.96. The van der Waals surface area contributed by atoms with E-state index in [2.05, 4.69) is 30.7 Å². The average molecular weight is 276 g/mol. The minimum atomic E-state index is -0.164. The zero-order valence-corrected chi connectivity index (χ0v) is 10.8. The third-order valence-electron chi connectivity index (χ3n) is 3.25. The van der Waals surface area contributed by atoms with E-state index < -0.39 is 0 Å². The smallest absolute Gasteiger partial charge is 0.243 e. The number of imidazole rings is 1. The summed E-state index contributed by atoms with van der Waals surface area (Å²) in [5.74, 6) is 6.97. The zero-order valence-electron chi connectivity index (χ0n) is 10.8. The summed E-state index contributed by atoms with van der Waals surface area (Å²) in [6.45, 7) is 0.717. The van der Waals surface area contributed by atoms with Crippen LogP contribution >= 0.6 is 0 Å². The molecule has 1 aliphatic carbocycles. The summed E-state index contributed by atoms with van der Waals surface area (Å²) in [6, 6.07) is 0. The van der Waals surface area contributed by atoms with Gasteiger partial charge in [-0.05, 0) is 18.8 Å². The van der Waals surface area contributed by atoms with Gasteiger partial charge in [-0.2, -0.15) is 15.0 Å². The molecule has 5 N–H and O–H groups in total. The van der Waals surface area contributed by atoms with Crippen molar-refractivity contribution < 1.29 is 5.11 Å². The van der Waals surface area contributed by atoms with Crippen molar-refractivity contribution >= 4 is 11.9 Å². The number of nitrogens with two attached hydrogens (primary N) is 1. The van der Waals surface area contributed by atoms with Crippen molar-refractivity contribution in [1.29, 1.82) is 0 Å². The van der Waals surface area contributed by atoms with Gasteiger partial charge in [0.2, 0.25) is 17.8 Å². The number of nitrogens with zero attached hydrogens (tertiary/aromatic N) is 5. The molecule has 3 rings (SSSR count). The molecule has 0 aliphatic heterocycles. The van der Waals surface area contributed by atoms with Crippen molar-refractivity contribution in [1.82, 2.24) is 24.5 Å². The largest absolute Gasteiger partial charge is 0.393 e. The van der Waals surface area contributed by atoms with E-state index in [0.717, 1.165) is 12.8 Å². The molecule has 0 radical (unpaired) electrons. The summed E-state index contributed by atoms with van der Waals surface area (Å²) in [5.41, 5.74) is 2.42. The zero-order chi connectivity index (χ0) is 13.9. The highest BCUT2D eigenvalue weighted by Crippen LogP contribution is 2.27. The minimum Gasteiger partial charge on any atom is -0.393 e. The molecule has 2 aromatic heterocycles. The van der Waals surface area contributed by atoms with Crippen molar-refractivity contribution in [2.24, 2.45) is 11.8 Å². The molecule has 0 bridgehead atoms. The highest BCUT2D eigenvalue weighted by Gasteiger charge is 2.26. The fourth-order valence-electron chi connectivity index (χ4n) is 2.10. The molecule has 9 nitrogen and oxygen atoms in total. The van der Waals surface area contributed by atoms with Crippen LogP contribution < -0.4 is 16.6 Å². The second kappa shape index (κ2) is 5.39. The van der Waals surface area contributed by atoms with Crippen LogP contribution in [0.2, 0.25) is 0 Å². The molecule has 9 heteroatoms. The topological polar surface area (TPSA) is 127 Å². The summed E-state index contributed by atoms with van der Waals surface area (Å²) in [5, 5.41) is 12.4. The van der Waals surface area contributed by atoms with Crippen molar-refractivity contribution in [3.8, 4) is 5.95 Å². The van der Waals surface area contributed by atoms with Crippen molar-refractivity contribution in [3.63, 3.8) is 0 Å². The van der Waals surface area contributed by atoms with E-state index in [4.69, 9.17) is 5.84 Å². The van der Waals surface area contributed by atoms with Crippen LogP contribution in [0.5, 0.6) is 0 Å². The Morgan fingerprint density at radius 2 is 2.10 bits per heavy atom. The second-order valence-electron chi connectivity index (χ2n) is 4.77. The summed E-state index contributed by atoms with van der Waals surface area (Å²) in [6.07, 6.45) is 6.44. The second-order valence-corrected chi connectivity index (χ2v) is 4.77. The first-order valence-electron chi connectivity index (χ1n) is 6.37. The highest BCUT2D eigenvalue weighted by atomic mass is 16.3. The van der Waals surface area contributed by atoms with Gasteiger partial charge in [-0.3, -0.25) is 9.99 Å². The first-order chi connectivity index (χ1) is 9.74. The first-order valence-corrected chi connectivity index (χ1v) is 6.37. The van der Waals surface area contributed by atoms with Gasteiger partial charge in [0.15, 0.2) is 0 Å². The van der Waals surface area contributed by atoms with Crippen molar-refractivity contribution in [2.45, 2.75) is 18.9 Å². The van der Waals surface area contributed by atoms with Crippen LogP contribution in [0.15, 0.2) is 18.7 Å². The fourth-order valence-corrected chi connectivity index (χ4v) is 2.10. The Balaban J connectivity index is 1.74. The van der Waals surface area contributed by atoms with Gasteiger partial charge in [0, 0.05) is 18.9 Å². The van der Waals surface area contributed by atoms with E-state index in [1.54, 1.807) is 23.3 Å². The number of hydrogen-bond acceptors (Lipinski definition) is 8. The van der Waals surface area contributed by atoms with Gasteiger partial charge in [-0.1, -0.05) is 0 Å². The Morgan fingerprint density at radius 1 is 1.30 bits per heavy atom. The molecule has 0 atom stereocenters. The Kier molecular flexibility index (Phi) is 3.44. The summed E-state index contributed by atoms with van der Waals surface area (Å²) in [4.78, 5) is 16.6.